The summed E-state index contributed by atoms with van der Waals surface area (Å²) in [6.45, 7) is 3.29. The molecular weight excluding hydrogens is 470 g/mol. The molecule has 2 fully saturated rings. The summed E-state index contributed by atoms with van der Waals surface area (Å²) in [5.74, 6) is -1.32. The highest BCUT2D eigenvalue weighted by molar-refractivity contribution is 8.00. The van der Waals surface area contributed by atoms with Crippen LogP contribution in [0.4, 0.5) is 0 Å². The number of carbonyl (C=O) groups excluding carboxylic acids is 2. The van der Waals surface area contributed by atoms with Gasteiger partial charge >= 0.3 is 5.97 Å². The van der Waals surface area contributed by atoms with Crippen molar-refractivity contribution >= 4 is 42.2 Å². The number of carboxylic acid groups (broad SMARTS) is 1. The van der Waals surface area contributed by atoms with Gasteiger partial charge in [0.1, 0.15) is 10.8 Å². The normalized spacial score (nSPS) is 25.2. The molecule has 4 rings (SSSR count). The maximum atomic E-state index is 13.3. The smallest absolute Gasteiger partial charge is 0.313 e. The van der Waals surface area contributed by atoms with Crippen LogP contribution in [0.15, 0.2) is 23.1 Å². The minimum atomic E-state index is -1.42. The molecule has 0 aromatic carbocycles. The van der Waals surface area contributed by atoms with E-state index in [9.17, 15) is 24.3 Å². The number of aryl methyl sites for hydroxylation is 2. The van der Waals surface area contributed by atoms with Crippen molar-refractivity contribution in [1.82, 2.24) is 29.8 Å². The zero-order chi connectivity index (χ0) is 24.1. The number of thioether (sulfide) groups is 1. The Morgan fingerprint density at radius 3 is 2.73 bits per heavy atom. The van der Waals surface area contributed by atoms with E-state index in [4.69, 9.17) is 0 Å². The summed E-state index contributed by atoms with van der Waals surface area (Å²) < 4.78 is 2.87. The zero-order valence-corrected chi connectivity index (χ0v) is 19.9. The van der Waals surface area contributed by atoms with Crippen molar-refractivity contribution in [2.75, 3.05) is 17.3 Å². The van der Waals surface area contributed by atoms with E-state index in [0.29, 0.717) is 5.69 Å². The van der Waals surface area contributed by atoms with E-state index in [1.165, 1.54) is 49.4 Å². The van der Waals surface area contributed by atoms with E-state index < -0.39 is 28.0 Å². The van der Waals surface area contributed by atoms with E-state index >= 15 is 0 Å². The number of amides is 2. The molecule has 2 saturated heterocycles. The number of pyridine rings is 1. The van der Waals surface area contributed by atoms with Gasteiger partial charge in [-0.3, -0.25) is 23.9 Å². The lowest BCUT2D eigenvalue weighted by Crippen LogP contribution is -2.76. The first kappa shape index (κ1) is 23.3. The van der Waals surface area contributed by atoms with Crippen LogP contribution in [0.25, 0.3) is 0 Å². The van der Waals surface area contributed by atoms with Crippen LogP contribution in [0, 0.1) is 12.3 Å². The van der Waals surface area contributed by atoms with Crippen molar-refractivity contribution in [3.05, 3.63) is 40.1 Å². The zero-order valence-electron chi connectivity index (χ0n) is 18.2. The Morgan fingerprint density at radius 1 is 1.42 bits per heavy atom. The molecule has 14 heteroatoms. The molecule has 3 unspecified atom stereocenters. The van der Waals surface area contributed by atoms with Crippen molar-refractivity contribution in [3.63, 3.8) is 0 Å². The summed E-state index contributed by atoms with van der Waals surface area (Å²) in [6, 6.07) is 1.90. The molecular formula is C19H23N7O5S2. The van der Waals surface area contributed by atoms with Gasteiger partial charge in [0, 0.05) is 49.8 Å². The number of β-lactam (4-membered cyclic amide) rings is 1. The molecule has 2 aliphatic rings. The third kappa shape index (κ3) is 3.60. The van der Waals surface area contributed by atoms with Crippen LogP contribution >= 0.6 is 24.4 Å². The van der Waals surface area contributed by atoms with E-state index in [1.54, 1.807) is 20.9 Å². The van der Waals surface area contributed by atoms with Gasteiger partial charge in [-0.05, 0) is 17.4 Å². The monoisotopic (exact) mass is 493 g/mol. The minimum Gasteiger partial charge on any atom is -0.481 e. The largest absolute Gasteiger partial charge is 0.481 e. The van der Waals surface area contributed by atoms with Gasteiger partial charge in [-0.15, -0.1) is 16.9 Å². The van der Waals surface area contributed by atoms with Crippen LogP contribution in [0.1, 0.15) is 30.1 Å². The Labute approximate surface area is 198 Å². The average molecular weight is 494 g/mol. The van der Waals surface area contributed by atoms with Crippen molar-refractivity contribution in [2.24, 2.45) is 12.5 Å². The first-order chi connectivity index (χ1) is 15.6. The number of thiol groups is 1. The van der Waals surface area contributed by atoms with Gasteiger partial charge < -0.3 is 10.0 Å². The molecule has 2 aromatic heterocycles. The Hall–Kier alpha value is -2.87. The van der Waals surface area contributed by atoms with Crippen LogP contribution in [-0.4, -0.2) is 76.4 Å². The highest BCUT2D eigenvalue weighted by Crippen LogP contribution is 2.50. The molecule has 2 amide bonds. The van der Waals surface area contributed by atoms with Gasteiger partial charge in [-0.2, -0.15) is 12.6 Å². The molecule has 12 nitrogen and oxygen atoms in total. The number of aliphatic carboxylic acids is 1. The SMILES string of the molecule is CCC(=O)N(C1C(=O)N2CC(C(=O)O)(C(S)c3nnnn3C)CS[C@H]12)n1ccc(=O)cc1C. The molecule has 4 heterocycles. The topological polar surface area (TPSA) is 144 Å². The molecule has 0 spiro atoms. The van der Waals surface area contributed by atoms with Gasteiger partial charge in [-0.25, -0.2) is 9.69 Å². The summed E-state index contributed by atoms with van der Waals surface area (Å²) in [7, 11) is 1.60. The highest BCUT2D eigenvalue weighted by atomic mass is 32.2. The number of aromatic nitrogens is 5. The van der Waals surface area contributed by atoms with Crippen molar-refractivity contribution in [3.8, 4) is 0 Å². The Balaban J connectivity index is 1.65. The van der Waals surface area contributed by atoms with Gasteiger partial charge in [0.05, 0.1) is 5.25 Å². The molecule has 0 radical (unpaired) electrons. The summed E-state index contributed by atoms with van der Waals surface area (Å²) in [5, 5.41) is 21.4. The van der Waals surface area contributed by atoms with E-state index in [2.05, 4.69) is 28.2 Å². The minimum absolute atomic E-state index is 0.0896. The number of carboxylic acids is 1. The number of rotatable bonds is 6. The fourth-order valence-corrected chi connectivity index (χ4v) is 6.43. The maximum Gasteiger partial charge on any atom is 0.313 e. The second-order valence-electron chi connectivity index (χ2n) is 8.08. The van der Waals surface area contributed by atoms with Crippen LogP contribution in [0.3, 0.4) is 0 Å². The lowest BCUT2D eigenvalue weighted by molar-refractivity contribution is -0.158. The van der Waals surface area contributed by atoms with Crippen LogP contribution in [0.2, 0.25) is 0 Å². The number of hydrogen-bond donors (Lipinski definition) is 2. The first-order valence-corrected chi connectivity index (χ1v) is 11.8. The molecule has 1 N–H and O–H groups in total. The number of hydrogen-bond acceptors (Lipinski definition) is 9. The van der Waals surface area contributed by atoms with E-state index in [0.717, 1.165) is 0 Å². The highest BCUT2D eigenvalue weighted by Gasteiger charge is 2.62. The van der Waals surface area contributed by atoms with Gasteiger partial charge in [0.25, 0.3) is 5.91 Å². The Kier molecular flexibility index (Phi) is 5.99. The predicted octanol–water partition coefficient (Wildman–Crippen LogP) is -0.419. The summed E-state index contributed by atoms with van der Waals surface area (Å²) in [4.78, 5) is 51.7. The van der Waals surface area contributed by atoms with Gasteiger partial charge in [-0.1, -0.05) is 6.92 Å². The number of carbonyl (C=O) groups is 3. The van der Waals surface area contributed by atoms with Crippen LogP contribution < -0.4 is 10.4 Å². The van der Waals surface area contributed by atoms with Crippen molar-refractivity contribution in [2.45, 2.75) is 36.9 Å². The number of fused-ring (bicyclic) bond motifs is 1. The average Bonchev–Trinajstić information content (AvgIpc) is 3.21. The van der Waals surface area contributed by atoms with Crippen LogP contribution in [-0.2, 0) is 21.4 Å². The fraction of sp³-hybridized carbons (Fsp3) is 0.526. The summed E-state index contributed by atoms with van der Waals surface area (Å²) >= 11 is 5.82. The number of tetrazole rings is 1. The molecule has 176 valence electrons. The van der Waals surface area contributed by atoms with E-state index in [-0.39, 0.29) is 41.8 Å². The lowest BCUT2D eigenvalue weighted by atomic mass is 9.82. The molecule has 2 aliphatic heterocycles. The Bertz CT molecular complexity index is 1180. The van der Waals surface area contributed by atoms with Crippen molar-refractivity contribution < 1.29 is 19.5 Å². The summed E-state index contributed by atoms with van der Waals surface area (Å²) in [6.07, 6.45) is 1.63. The maximum absolute atomic E-state index is 13.3. The molecule has 0 aliphatic carbocycles. The quantitative estimate of drug-likeness (QED) is 0.405. The standard InChI is InChI=1S/C19H23N7O5S2/c1-4-12(28)26(25-6-5-11(27)7-10(25)2)13-16(29)24-8-19(18(30)31,9-33-17(13)24)14(32)15-20-21-22-23(15)3/h5-7,13-14,17,32H,4,8-9H2,1-3H3,(H,30,31)/t13?,14?,17-,19?/m1/s1. The molecule has 33 heavy (non-hydrogen) atoms. The second-order valence-corrected chi connectivity index (χ2v) is 9.70. The molecule has 0 saturated carbocycles. The third-order valence-corrected chi connectivity index (χ3v) is 8.33. The second kappa shape index (κ2) is 8.48. The molecule has 2 aromatic rings. The lowest BCUT2D eigenvalue weighted by Gasteiger charge is -2.57. The molecule has 0 bridgehead atoms. The number of nitrogens with zero attached hydrogens (tertiary/aromatic N) is 7. The Morgan fingerprint density at radius 2 is 2.15 bits per heavy atom. The van der Waals surface area contributed by atoms with Gasteiger partial charge in [0.2, 0.25) is 5.91 Å². The predicted molar refractivity (Wildman–Crippen MR) is 121 cm³/mol. The van der Waals surface area contributed by atoms with Gasteiger partial charge in [0.15, 0.2) is 17.3 Å². The first-order valence-electron chi connectivity index (χ1n) is 10.2. The third-order valence-electron chi connectivity index (χ3n) is 6.07. The van der Waals surface area contributed by atoms with Crippen LogP contribution in [0.5, 0.6) is 0 Å². The fourth-order valence-electron chi connectivity index (χ4n) is 4.19. The van der Waals surface area contributed by atoms with E-state index in [1.807, 2.05) is 0 Å². The van der Waals surface area contributed by atoms with Crippen molar-refractivity contribution in [1.29, 1.82) is 0 Å². The molecule has 4 atom stereocenters. The summed E-state index contributed by atoms with van der Waals surface area (Å²) in [5.41, 5.74) is -1.10.